The van der Waals surface area contributed by atoms with Gasteiger partial charge >= 0.3 is 0 Å². The molecule has 3 nitrogen and oxygen atoms in total. The van der Waals surface area contributed by atoms with E-state index in [9.17, 15) is 10.2 Å². The molecule has 0 amide bonds. The fraction of sp³-hybridized carbons (Fsp3) is 0.182. The van der Waals surface area contributed by atoms with Gasteiger partial charge in [-0.2, -0.15) is 0 Å². The molecule has 0 heterocycles. The maximum atomic E-state index is 10.6. The Hall–Kier alpha value is -2.62. The normalized spacial score (nSPS) is 14.5. The van der Waals surface area contributed by atoms with Crippen molar-refractivity contribution in [3.8, 4) is 11.5 Å². The minimum Gasteiger partial charge on any atom is -0.457 e. The number of ether oxygens (including phenoxy) is 1. The first-order chi connectivity index (χ1) is 12.1. The summed E-state index contributed by atoms with van der Waals surface area (Å²) in [4.78, 5) is 0. The molecule has 0 saturated carbocycles. The number of hydrogen-bond acceptors (Lipinski definition) is 3. The molecule has 128 valence electrons. The minimum atomic E-state index is -0.935. The Balaban J connectivity index is 1.75. The highest BCUT2D eigenvalue weighted by atomic mass is 16.5. The van der Waals surface area contributed by atoms with Crippen LogP contribution in [-0.2, 0) is 0 Å². The first-order valence-electron chi connectivity index (χ1n) is 8.39. The lowest BCUT2D eigenvalue weighted by molar-refractivity contribution is 0.00460. The van der Waals surface area contributed by atoms with Gasteiger partial charge in [-0.3, -0.25) is 0 Å². The van der Waals surface area contributed by atoms with Gasteiger partial charge in [-0.15, -0.1) is 0 Å². The second-order valence-corrected chi connectivity index (χ2v) is 6.12. The van der Waals surface area contributed by atoms with Crippen LogP contribution in [0.5, 0.6) is 11.5 Å². The van der Waals surface area contributed by atoms with Crippen LogP contribution < -0.4 is 4.74 Å². The van der Waals surface area contributed by atoms with Crippen LogP contribution in [-0.4, -0.2) is 16.3 Å². The summed E-state index contributed by atoms with van der Waals surface area (Å²) >= 11 is 0. The van der Waals surface area contributed by atoms with E-state index in [1.165, 1.54) is 0 Å². The standard InChI is InChI=1S/C22H22O3/c1-16(21(23)22(24)17-9-4-2-5-10-17)18-11-8-14-20(15-18)25-19-12-6-3-7-13-19/h2-16,21-24H,1H3/t16-,21+,22-/m0/s1. The SMILES string of the molecule is C[C@@H](c1cccc(Oc2ccccc2)c1)[C@@H](O)[C@@H](O)c1ccccc1. The number of rotatable bonds is 6. The molecule has 0 aliphatic rings. The van der Waals surface area contributed by atoms with Crippen molar-refractivity contribution in [1.29, 1.82) is 0 Å². The van der Waals surface area contributed by atoms with Crippen molar-refractivity contribution in [2.45, 2.75) is 25.0 Å². The van der Waals surface area contributed by atoms with Crippen LogP contribution >= 0.6 is 0 Å². The lowest BCUT2D eigenvalue weighted by Crippen LogP contribution is -2.24. The topological polar surface area (TPSA) is 49.7 Å². The number of benzene rings is 3. The Bertz CT molecular complexity index is 787. The summed E-state index contributed by atoms with van der Waals surface area (Å²) < 4.78 is 5.85. The molecule has 3 aromatic carbocycles. The maximum Gasteiger partial charge on any atom is 0.127 e. The maximum absolute atomic E-state index is 10.6. The molecule has 0 fully saturated rings. The highest BCUT2D eigenvalue weighted by molar-refractivity contribution is 5.35. The quantitative estimate of drug-likeness (QED) is 0.688. The molecule has 3 atom stereocenters. The highest BCUT2D eigenvalue weighted by Crippen LogP contribution is 2.31. The molecular formula is C22H22O3. The Morgan fingerprint density at radius 1 is 0.680 bits per heavy atom. The van der Waals surface area contributed by atoms with Crippen molar-refractivity contribution in [2.24, 2.45) is 0 Å². The number of hydrogen-bond donors (Lipinski definition) is 2. The van der Waals surface area contributed by atoms with Crippen molar-refractivity contribution in [2.75, 3.05) is 0 Å². The lowest BCUT2D eigenvalue weighted by atomic mass is 9.89. The summed E-state index contributed by atoms with van der Waals surface area (Å²) in [6.45, 7) is 1.90. The van der Waals surface area contributed by atoms with Gasteiger partial charge in [0.1, 0.15) is 17.6 Å². The summed E-state index contributed by atoms with van der Waals surface area (Å²) in [6.07, 6.45) is -1.84. The van der Waals surface area contributed by atoms with Crippen LogP contribution in [0.2, 0.25) is 0 Å². The summed E-state index contributed by atoms with van der Waals surface area (Å²) in [6, 6.07) is 26.4. The van der Waals surface area contributed by atoms with E-state index in [0.29, 0.717) is 11.3 Å². The number of para-hydroxylation sites is 1. The third-order valence-corrected chi connectivity index (χ3v) is 4.34. The van der Waals surface area contributed by atoms with Crippen molar-refractivity contribution in [3.63, 3.8) is 0 Å². The van der Waals surface area contributed by atoms with Crippen molar-refractivity contribution >= 4 is 0 Å². The Labute approximate surface area is 148 Å². The molecule has 0 unspecified atom stereocenters. The van der Waals surface area contributed by atoms with E-state index in [1.54, 1.807) is 0 Å². The van der Waals surface area contributed by atoms with Crippen LogP contribution in [0.25, 0.3) is 0 Å². The Morgan fingerprint density at radius 2 is 1.24 bits per heavy atom. The third kappa shape index (κ3) is 4.27. The van der Waals surface area contributed by atoms with Crippen LogP contribution in [0.15, 0.2) is 84.9 Å². The zero-order valence-electron chi connectivity index (χ0n) is 14.1. The molecule has 0 saturated heterocycles. The summed E-state index contributed by atoms with van der Waals surface area (Å²) in [5, 5.41) is 21.0. The van der Waals surface area contributed by atoms with E-state index in [4.69, 9.17) is 4.74 Å². The van der Waals surface area contributed by atoms with Gasteiger partial charge in [-0.25, -0.2) is 0 Å². The van der Waals surface area contributed by atoms with Gasteiger partial charge in [0.05, 0.1) is 6.10 Å². The van der Waals surface area contributed by atoms with E-state index in [0.717, 1.165) is 11.3 Å². The number of aliphatic hydroxyl groups is 2. The van der Waals surface area contributed by atoms with Gasteiger partial charge in [0.15, 0.2) is 0 Å². The smallest absolute Gasteiger partial charge is 0.127 e. The molecule has 0 aliphatic heterocycles. The average molecular weight is 334 g/mol. The van der Waals surface area contributed by atoms with E-state index >= 15 is 0 Å². The van der Waals surface area contributed by atoms with Crippen molar-refractivity contribution < 1.29 is 14.9 Å². The van der Waals surface area contributed by atoms with Gasteiger partial charge in [-0.05, 0) is 35.4 Å². The van der Waals surface area contributed by atoms with Gasteiger partial charge in [0.25, 0.3) is 0 Å². The van der Waals surface area contributed by atoms with Gasteiger partial charge < -0.3 is 14.9 Å². The van der Waals surface area contributed by atoms with E-state index in [2.05, 4.69) is 0 Å². The zero-order chi connectivity index (χ0) is 17.6. The predicted molar refractivity (Wildman–Crippen MR) is 98.8 cm³/mol. The Morgan fingerprint density at radius 3 is 1.92 bits per heavy atom. The summed E-state index contributed by atoms with van der Waals surface area (Å²) in [5.74, 6) is 1.23. The molecule has 3 heteroatoms. The van der Waals surface area contributed by atoms with Crippen molar-refractivity contribution in [1.82, 2.24) is 0 Å². The molecule has 0 spiro atoms. The van der Waals surface area contributed by atoms with E-state index in [-0.39, 0.29) is 5.92 Å². The highest BCUT2D eigenvalue weighted by Gasteiger charge is 2.25. The van der Waals surface area contributed by atoms with Gasteiger partial charge in [0.2, 0.25) is 0 Å². The number of aliphatic hydroxyl groups excluding tert-OH is 2. The van der Waals surface area contributed by atoms with Gasteiger partial charge in [-0.1, -0.05) is 67.6 Å². The van der Waals surface area contributed by atoms with Crippen LogP contribution in [0, 0.1) is 0 Å². The molecule has 3 aromatic rings. The van der Waals surface area contributed by atoms with Crippen LogP contribution in [0.3, 0.4) is 0 Å². The fourth-order valence-corrected chi connectivity index (χ4v) is 2.80. The van der Waals surface area contributed by atoms with Crippen LogP contribution in [0.1, 0.15) is 30.1 Å². The summed E-state index contributed by atoms with van der Waals surface area (Å²) in [7, 11) is 0. The van der Waals surface area contributed by atoms with Crippen LogP contribution in [0.4, 0.5) is 0 Å². The molecule has 0 aromatic heterocycles. The van der Waals surface area contributed by atoms with Gasteiger partial charge in [0, 0.05) is 5.92 Å². The third-order valence-electron chi connectivity index (χ3n) is 4.34. The average Bonchev–Trinajstić information content (AvgIpc) is 2.68. The van der Waals surface area contributed by atoms with Crippen molar-refractivity contribution in [3.05, 3.63) is 96.1 Å². The molecule has 0 radical (unpaired) electrons. The first-order valence-corrected chi connectivity index (χ1v) is 8.39. The molecule has 2 N–H and O–H groups in total. The molecular weight excluding hydrogens is 312 g/mol. The largest absolute Gasteiger partial charge is 0.457 e. The first kappa shape index (κ1) is 17.2. The predicted octanol–water partition coefficient (Wildman–Crippen LogP) is 4.68. The molecule has 3 rings (SSSR count). The molecule has 25 heavy (non-hydrogen) atoms. The second-order valence-electron chi connectivity index (χ2n) is 6.12. The lowest BCUT2D eigenvalue weighted by Gasteiger charge is -2.25. The molecule has 0 aliphatic carbocycles. The second kappa shape index (κ2) is 7.97. The fourth-order valence-electron chi connectivity index (χ4n) is 2.80. The zero-order valence-corrected chi connectivity index (χ0v) is 14.1. The van der Waals surface area contributed by atoms with E-state index < -0.39 is 12.2 Å². The molecule has 0 bridgehead atoms. The minimum absolute atomic E-state index is 0.241. The summed E-state index contributed by atoms with van der Waals surface area (Å²) in [5.41, 5.74) is 1.62. The van der Waals surface area contributed by atoms with E-state index in [1.807, 2.05) is 91.9 Å². The Kier molecular flexibility index (Phi) is 5.49. The monoisotopic (exact) mass is 334 g/mol.